The third kappa shape index (κ3) is 13.7. The first-order valence-electron chi connectivity index (χ1n) is 8.19. The normalized spacial score (nSPS) is 11.5. The Labute approximate surface area is 122 Å². The van der Waals surface area contributed by atoms with Crippen molar-refractivity contribution in [2.75, 3.05) is 20.6 Å². The van der Waals surface area contributed by atoms with Crippen molar-refractivity contribution in [3.05, 3.63) is 0 Å². The lowest BCUT2D eigenvalue weighted by atomic mass is 9.91. The molecule has 3 heteroatoms. The highest BCUT2D eigenvalue weighted by Crippen LogP contribution is 2.11. The zero-order valence-electron chi connectivity index (χ0n) is 13.5. The molecular weight excluding hydrogens is 231 g/mol. The van der Waals surface area contributed by atoms with E-state index in [4.69, 9.17) is 5.26 Å². The van der Waals surface area contributed by atoms with Crippen LogP contribution in [0.3, 0.4) is 0 Å². The van der Waals surface area contributed by atoms with E-state index in [9.17, 15) is 0 Å². The van der Waals surface area contributed by atoms with E-state index in [0.717, 1.165) is 10.9 Å². The summed E-state index contributed by atoms with van der Waals surface area (Å²) in [4.78, 5) is 0. The summed E-state index contributed by atoms with van der Waals surface area (Å²) in [7, 11) is 5.91. The van der Waals surface area contributed by atoms with Gasteiger partial charge in [-0.3, -0.25) is 0 Å². The average molecular weight is 264 g/mol. The van der Waals surface area contributed by atoms with E-state index in [1.807, 2.05) is 0 Å². The van der Waals surface area contributed by atoms with Crippen LogP contribution in [0, 0.1) is 11.2 Å². The lowest BCUT2D eigenvalue weighted by Gasteiger charge is -2.40. The van der Waals surface area contributed by atoms with Crippen molar-refractivity contribution in [2.24, 2.45) is 0 Å². The first-order valence-corrected chi connectivity index (χ1v) is 8.19. The highest BCUT2D eigenvalue weighted by Gasteiger charge is 2.02. The maximum absolute atomic E-state index is 8.66. The Kier molecular flexibility index (Phi) is 12.2. The Hall–Kier alpha value is -0.485. The van der Waals surface area contributed by atoms with E-state index in [1.165, 1.54) is 70.6 Å². The first kappa shape index (κ1) is 18.5. The van der Waals surface area contributed by atoms with E-state index in [-0.39, 0.29) is 0 Å². The predicted octanol–water partition coefficient (Wildman–Crippen LogP) is 4.47. The second-order valence-corrected chi connectivity index (χ2v) is 6.30. The fourth-order valence-electron chi connectivity index (χ4n) is 2.40. The Morgan fingerprint density at radius 1 is 0.789 bits per heavy atom. The van der Waals surface area contributed by atoms with Gasteiger partial charge in [0.05, 0.1) is 0 Å². The van der Waals surface area contributed by atoms with E-state index in [0.29, 0.717) is 0 Å². The fourth-order valence-corrected chi connectivity index (χ4v) is 2.40. The molecule has 0 aromatic heterocycles. The SMILES string of the molecule is CCCCCCCCCCCCC[N+](C)(C)[B-]C#N. The highest BCUT2D eigenvalue weighted by molar-refractivity contribution is 6.36. The van der Waals surface area contributed by atoms with Crippen LogP contribution < -0.4 is 0 Å². The van der Waals surface area contributed by atoms with Gasteiger partial charge in [-0.05, 0) is 12.8 Å². The Balaban J connectivity index is 3.17. The van der Waals surface area contributed by atoms with Gasteiger partial charge in [-0.15, -0.1) is 5.97 Å². The molecule has 0 saturated carbocycles. The predicted molar refractivity (Wildman–Crippen MR) is 84.8 cm³/mol. The van der Waals surface area contributed by atoms with Crippen LogP contribution in [0.4, 0.5) is 0 Å². The van der Waals surface area contributed by atoms with Gasteiger partial charge in [-0.1, -0.05) is 64.7 Å². The molecule has 0 amide bonds. The molecule has 2 radical (unpaired) electrons. The van der Waals surface area contributed by atoms with Crippen LogP contribution in [0.25, 0.3) is 0 Å². The molecule has 0 fully saturated rings. The van der Waals surface area contributed by atoms with Crippen molar-refractivity contribution in [3.63, 3.8) is 0 Å². The number of hydrogen-bond acceptors (Lipinski definition) is 1. The zero-order chi connectivity index (χ0) is 14.4. The largest absolute Gasteiger partial charge is 0.553 e. The minimum absolute atomic E-state index is 0.730. The van der Waals surface area contributed by atoms with Gasteiger partial charge in [0.25, 0.3) is 0 Å². The van der Waals surface area contributed by atoms with Crippen LogP contribution in [0.5, 0.6) is 0 Å². The lowest BCUT2D eigenvalue weighted by Crippen LogP contribution is -2.43. The summed E-state index contributed by atoms with van der Waals surface area (Å²) >= 11 is 0. The average Bonchev–Trinajstić information content (AvgIpc) is 2.36. The van der Waals surface area contributed by atoms with Crippen LogP contribution in [-0.2, 0) is 0 Å². The summed E-state index contributed by atoms with van der Waals surface area (Å²) in [6, 6.07) is 0. The minimum Gasteiger partial charge on any atom is -0.553 e. The summed E-state index contributed by atoms with van der Waals surface area (Å²) in [6.07, 6.45) is 15.2. The molecule has 0 unspecified atom stereocenters. The van der Waals surface area contributed by atoms with E-state index >= 15 is 0 Å². The van der Waals surface area contributed by atoms with Gasteiger partial charge in [0.2, 0.25) is 0 Å². The summed E-state index contributed by atoms with van der Waals surface area (Å²) in [5.74, 6) is 2.14. The molecule has 0 bridgehead atoms. The molecule has 19 heavy (non-hydrogen) atoms. The van der Waals surface area contributed by atoms with Crippen molar-refractivity contribution in [2.45, 2.75) is 77.6 Å². The number of nitriles is 1. The molecular formula is C16H33BN2. The van der Waals surface area contributed by atoms with Crippen LogP contribution in [0.1, 0.15) is 77.6 Å². The molecule has 0 aliphatic heterocycles. The van der Waals surface area contributed by atoms with E-state index in [1.54, 1.807) is 7.41 Å². The summed E-state index contributed by atoms with van der Waals surface area (Å²) in [6.45, 7) is 3.36. The third-order valence-corrected chi connectivity index (χ3v) is 3.75. The van der Waals surface area contributed by atoms with Crippen molar-refractivity contribution in [1.29, 1.82) is 5.26 Å². The molecule has 0 saturated heterocycles. The Morgan fingerprint density at radius 3 is 1.63 bits per heavy atom. The number of rotatable bonds is 13. The van der Waals surface area contributed by atoms with Gasteiger partial charge < -0.3 is 4.39 Å². The van der Waals surface area contributed by atoms with Gasteiger partial charge in [-0.25, -0.2) is 5.26 Å². The number of hydrogen-bond donors (Lipinski definition) is 0. The highest BCUT2D eigenvalue weighted by atomic mass is 15.2. The Bertz CT molecular complexity index is 233. The molecule has 0 aliphatic carbocycles. The molecule has 110 valence electrons. The maximum Gasteiger partial charge on any atom is 0.126 e. The maximum atomic E-state index is 8.66. The third-order valence-electron chi connectivity index (χ3n) is 3.75. The van der Waals surface area contributed by atoms with Crippen molar-refractivity contribution in [3.8, 4) is 5.97 Å². The number of quaternary nitrogens is 1. The molecule has 0 rings (SSSR count). The van der Waals surface area contributed by atoms with Gasteiger partial charge in [0.15, 0.2) is 0 Å². The molecule has 0 aromatic rings. The minimum atomic E-state index is 0.730. The van der Waals surface area contributed by atoms with E-state index in [2.05, 4.69) is 27.0 Å². The van der Waals surface area contributed by atoms with Gasteiger partial charge >= 0.3 is 0 Å². The molecule has 0 aliphatic rings. The number of nitrogens with zero attached hydrogens (tertiary/aromatic N) is 2. The monoisotopic (exact) mass is 264 g/mol. The van der Waals surface area contributed by atoms with Crippen LogP contribution in [-0.4, -0.2) is 32.4 Å². The molecule has 0 spiro atoms. The molecule has 0 atom stereocenters. The van der Waals surface area contributed by atoms with Crippen molar-refractivity contribution >= 4 is 7.41 Å². The number of unbranched alkanes of at least 4 members (excludes halogenated alkanes) is 10. The second kappa shape index (κ2) is 12.5. The molecule has 0 heterocycles. The topological polar surface area (TPSA) is 23.8 Å². The summed E-state index contributed by atoms with van der Waals surface area (Å²) < 4.78 is 0.730. The van der Waals surface area contributed by atoms with Gasteiger partial charge in [0.1, 0.15) is 7.41 Å². The quantitative estimate of drug-likeness (QED) is 0.355. The smallest absolute Gasteiger partial charge is 0.126 e. The van der Waals surface area contributed by atoms with Gasteiger partial charge in [-0.2, -0.15) is 0 Å². The lowest BCUT2D eigenvalue weighted by molar-refractivity contribution is -0.777. The van der Waals surface area contributed by atoms with E-state index < -0.39 is 0 Å². The van der Waals surface area contributed by atoms with Crippen LogP contribution >= 0.6 is 0 Å². The molecule has 0 aromatic carbocycles. The fraction of sp³-hybridized carbons (Fsp3) is 0.938. The van der Waals surface area contributed by atoms with Crippen LogP contribution in [0.2, 0.25) is 0 Å². The van der Waals surface area contributed by atoms with Gasteiger partial charge in [0, 0.05) is 20.6 Å². The zero-order valence-corrected chi connectivity index (χ0v) is 13.5. The summed E-state index contributed by atoms with van der Waals surface area (Å²) in [5.41, 5.74) is 0. The second-order valence-electron chi connectivity index (χ2n) is 6.30. The standard InChI is InChI=1S/C16H33BN2/c1-4-5-6-7-8-9-10-11-12-13-14-15-19(2,3)17-16-18/h4-15H2,1-3H3. The summed E-state index contributed by atoms with van der Waals surface area (Å²) in [5, 5.41) is 8.66. The van der Waals surface area contributed by atoms with Crippen molar-refractivity contribution < 1.29 is 4.39 Å². The molecule has 2 nitrogen and oxygen atoms in total. The molecule has 0 N–H and O–H groups in total. The van der Waals surface area contributed by atoms with Crippen molar-refractivity contribution in [1.82, 2.24) is 0 Å². The Morgan fingerprint density at radius 2 is 1.21 bits per heavy atom. The first-order chi connectivity index (χ1) is 9.12. The van der Waals surface area contributed by atoms with Crippen LogP contribution in [0.15, 0.2) is 0 Å².